The van der Waals surface area contributed by atoms with Gasteiger partial charge in [0.25, 0.3) is 5.91 Å². The molecule has 1 aliphatic heterocycles. The van der Waals surface area contributed by atoms with Gasteiger partial charge in [-0.1, -0.05) is 18.2 Å². The highest BCUT2D eigenvalue weighted by molar-refractivity contribution is 5.93. The number of nitrogens with zero attached hydrogens (tertiary/aromatic N) is 3. The van der Waals surface area contributed by atoms with Crippen molar-refractivity contribution in [1.29, 1.82) is 0 Å². The molecule has 152 valence electrons. The predicted molar refractivity (Wildman–Crippen MR) is 101 cm³/mol. The van der Waals surface area contributed by atoms with Gasteiger partial charge in [0.1, 0.15) is 0 Å². The number of rotatable bonds is 6. The molecule has 2 N–H and O–H groups in total. The van der Waals surface area contributed by atoms with Crippen LogP contribution < -0.4 is 5.32 Å². The number of halogens is 2. The van der Waals surface area contributed by atoms with E-state index in [1.807, 2.05) is 0 Å². The number of aromatic nitrogens is 2. The largest absolute Gasteiger partial charge is 0.388 e. The van der Waals surface area contributed by atoms with Gasteiger partial charge in [0.15, 0.2) is 0 Å². The molecular weight excluding hydrogens is 366 g/mol. The molecule has 1 aliphatic rings. The van der Waals surface area contributed by atoms with Gasteiger partial charge in [-0.3, -0.25) is 4.79 Å². The Morgan fingerprint density at radius 1 is 1.29 bits per heavy atom. The van der Waals surface area contributed by atoms with Gasteiger partial charge in [0, 0.05) is 32.4 Å². The fourth-order valence-corrected chi connectivity index (χ4v) is 3.39. The molecule has 1 aromatic heterocycles. The summed E-state index contributed by atoms with van der Waals surface area (Å²) in [6.45, 7) is 3.23. The molecule has 0 atom stereocenters. The number of amides is 1. The normalized spacial score (nSPS) is 16.6. The lowest BCUT2D eigenvalue weighted by Crippen LogP contribution is -2.51. The Morgan fingerprint density at radius 2 is 2.00 bits per heavy atom. The summed E-state index contributed by atoms with van der Waals surface area (Å²) < 4.78 is 25.7. The summed E-state index contributed by atoms with van der Waals surface area (Å²) in [6.07, 6.45) is 3.07. The molecule has 1 amide bonds. The first-order valence-corrected chi connectivity index (χ1v) is 9.38. The number of aliphatic hydroxyl groups is 1. The number of nitrogens with one attached hydrogen (secondary N) is 1. The van der Waals surface area contributed by atoms with Gasteiger partial charge in [0.2, 0.25) is 0 Å². The van der Waals surface area contributed by atoms with Crippen LogP contribution in [0.25, 0.3) is 0 Å². The van der Waals surface area contributed by atoms with Gasteiger partial charge in [-0.15, -0.1) is 0 Å². The summed E-state index contributed by atoms with van der Waals surface area (Å²) >= 11 is 0. The lowest BCUT2D eigenvalue weighted by Gasteiger charge is -2.38. The number of benzene rings is 1. The van der Waals surface area contributed by atoms with E-state index < -0.39 is 12.2 Å². The first-order chi connectivity index (χ1) is 13.3. The second-order valence-corrected chi connectivity index (χ2v) is 7.53. The number of aryl methyl sites for hydroxylation is 2. The molecule has 1 fully saturated rings. The monoisotopic (exact) mass is 392 g/mol. The molecule has 0 aliphatic carbocycles. The van der Waals surface area contributed by atoms with Crippen molar-refractivity contribution >= 4 is 5.91 Å². The molecule has 0 spiro atoms. The maximum atomic E-state index is 12.6. The van der Waals surface area contributed by atoms with Crippen LogP contribution in [0.15, 0.2) is 30.6 Å². The van der Waals surface area contributed by atoms with E-state index in [9.17, 15) is 18.7 Å². The molecule has 1 aromatic carbocycles. The van der Waals surface area contributed by atoms with Gasteiger partial charge in [-0.2, -0.15) is 13.9 Å². The van der Waals surface area contributed by atoms with E-state index in [1.54, 1.807) is 4.90 Å². The first-order valence-electron chi connectivity index (χ1n) is 9.38. The Balaban J connectivity index is 1.49. The molecule has 2 heterocycles. The number of alkyl halides is 2. The van der Waals surface area contributed by atoms with E-state index in [-0.39, 0.29) is 11.5 Å². The molecule has 0 radical (unpaired) electrons. The molecule has 8 heteroatoms. The summed E-state index contributed by atoms with van der Waals surface area (Å²) in [6, 6.07) is 6.29. The van der Waals surface area contributed by atoms with Crippen LogP contribution in [-0.2, 0) is 6.54 Å². The van der Waals surface area contributed by atoms with Crippen molar-refractivity contribution in [2.45, 2.75) is 45.4 Å². The fraction of sp³-hybridized carbons (Fsp3) is 0.500. The molecule has 6 nitrogen and oxygen atoms in total. The van der Waals surface area contributed by atoms with E-state index in [0.717, 1.165) is 18.0 Å². The third-order valence-corrected chi connectivity index (χ3v) is 5.38. The summed E-state index contributed by atoms with van der Waals surface area (Å²) in [4.78, 5) is 14.0. The molecule has 2 aromatic rings. The Bertz CT molecular complexity index is 829. The molecule has 1 saturated heterocycles. The summed E-state index contributed by atoms with van der Waals surface area (Å²) in [5, 5.41) is 17.6. The highest BCUT2D eigenvalue weighted by atomic mass is 19.3. The van der Waals surface area contributed by atoms with Crippen molar-refractivity contribution in [1.82, 2.24) is 20.0 Å². The minimum atomic E-state index is -2.77. The highest BCUT2D eigenvalue weighted by Gasteiger charge is 2.34. The number of hydrogen-bond acceptors (Lipinski definition) is 4. The van der Waals surface area contributed by atoms with Gasteiger partial charge in [-0.25, -0.2) is 4.68 Å². The Morgan fingerprint density at radius 3 is 2.61 bits per heavy atom. The van der Waals surface area contributed by atoms with E-state index in [1.165, 1.54) is 11.1 Å². The number of carbonyl (C=O) groups is 1. The molecule has 0 bridgehead atoms. The van der Waals surface area contributed by atoms with Crippen LogP contribution in [-0.4, -0.2) is 50.9 Å². The average molecular weight is 392 g/mol. The molecule has 0 saturated carbocycles. The Hall–Kier alpha value is -2.32. The third-order valence-electron chi connectivity index (χ3n) is 5.38. The summed E-state index contributed by atoms with van der Waals surface area (Å²) in [5.74, 6) is -0.336. The van der Waals surface area contributed by atoms with E-state index in [0.29, 0.717) is 43.7 Å². The zero-order valence-corrected chi connectivity index (χ0v) is 16.2. The zero-order valence-electron chi connectivity index (χ0n) is 16.2. The van der Waals surface area contributed by atoms with Crippen molar-refractivity contribution in [3.8, 4) is 0 Å². The standard InChI is InChI=1S/C20H26F2N4O2/c1-14-3-4-16(9-15(14)2)10-23-13-20(28)5-7-25(8-6-20)18(27)17-11-24-26(12-17)19(21)22/h3-4,9,11-12,19,23,28H,5-8,10,13H2,1-2H3. The smallest absolute Gasteiger partial charge is 0.333 e. The Labute approximate surface area is 163 Å². The van der Waals surface area contributed by atoms with Crippen molar-refractivity contribution < 1.29 is 18.7 Å². The maximum Gasteiger partial charge on any atom is 0.333 e. The minimum Gasteiger partial charge on any atom is -0.388 e. The molecule has 0 unspecified atom stereocenters. The van der Waals surface area contributed by atoms with E-state index in [2.05, 4.69) is 42.5 Å². The zero-order chi connectivity index (χ0) is 20.3. The highest BCUT2D eigenvalue weighted by Crippen LogP contribution is 2.23. The SMILES string of the molecule is Cc1ccc(CNCC2(O)CCN(C(=O)c3cnn(C(F)F)c3)CC2)cc1C. The van der Waals surface area contributed by atoms with E-state index >= 15 is 0 Å². The maximum absolute atomic E-state index is 12.6. The third kappa shape index (κ3) is 4.74. The first kappa shape index (κ1) is 20.4. The van der Waals surface area contributed by atoms with Crippen LogP contribution >= 0.6 is 0 Å². The topological polar surface area (TPSA) is 70.4 Å². The number of carbonyl (C=O) groups excluding carboxylic acids is 1. The van der Waals surface area contributed by atoms with Crippen LogP contribution in [0.3, 0.4) is 0 Å². The van der Waals surface area contributed by atoms with Crippen molar-refractivity contribution in [3.63, 3.8) is 0 Å². The lowest BCUT2D eigenvalue weighted by atomic mass is 9.91. The van der Waals surface area contributed by atoms with E-state index in [4.69, 9.17) is 0 Å². The summed E-state index contributed by atoms with van der Waals surface area (Å²) in [7, 11) is 0. The summed E-state index contributed by atoms with van der Waals surface area (Å²) in [5.41, 5.74) is 2.90. The van der Waals surface area contributed by atoms with Gasteiger partial charge in [0.05, 0.1) is 17.4 Å². The number of piperidine rings is 1. The quantitative estimate of drug-likeness (QED) is 0.793. The Kier molecular flexibility index (Phi) is 6.10. The second kappa shape index (κ2) is 8.36. The van der Waals surface area contributed by atoms with Crippen LogP contribution in [0.1, 0.15) is 46.4 Å². The van der Waals surface area contributed by atoms with Crippen LogP contribution in [0.4, 0.5) is 8.78 Å². The lowest BCUT2D eigenvalue weighted by molar-refractivity contribution is -0.0158. The number of likely N-dealkylation sites (tertiary alicyclic amines) is 1. The van der Waals surface area contributed by atoms with Crippen LogP contribution in [0.2, 0.25) is 0 Å². The second-order valence-electron chi connectivity index (χ2n) is 7.53. The van der Waals surface area contributed by atoms with Crippen molar-refractivity contribution in [2.24, 2.45) is 0 Å². The van der Waals surface area contributed by atoms with Gasteiger partial charge in [-0.05, 0) is 43.4 Å². The molecule has 3 rings (SSSR count). The predicted octanol–water partition coefficient (Wildman–Crippen LogP) is 2.65. The van der Waals surface area contributed by atoms with Gasteiger partial charge >= 0.3 is 6.55 Å². The van der Waals surface area contributed by atoms with Crippen LogP contribution in [0.5, 0.6) is 0 Å². The van der Waals surface area contributed by atoms with Crippen LogP contribution in [0, 0.1) is 13.8 Å². The molecular formula is C20H26F2N4O2. The van der Waals surface area contributed by atoms with Crippen molar-refractivity contribution in [2.75, 3.05) is 19.6 Å². The average Bonchev–Trinajstić information content (AvgIpc) is 3.15. The molecule has 28 heavy (non-hydrogen) atoms. The van der Waals surface area contributed by atoms with Gasteiger partial charge < -0.3 is 15.3 Å². The fourth-order valence-electron chi connectivity index (χ4n) is 3.39. The number of hydrogen-bond donors (Lipinski definition) is 2. The van der Waals surface area contributed by atoms with Crippen molar-refractivity contribution in [3.05, 3.63) is 52.8 Å². The minimum absolute atomic E-state index is 0.138.